The molecule has 1 N–H and O–H groups in total. The molecule has 4 nitrogen and oxygen atoms in total. The number of phenolic OH excluding ortho intramolecular Hbond substituents is 1. The van der Waals surface area contributed by atoms with Crippen LogP contribution in [0.25, 0.3) is 11.1 Å². The second kappa shape index (κ2) is 7.81. The summed E-state index contributed by atoms with van der Waals surface area (Å²) in [4.78, 5) is 0.287. The largest absolute Gasteiger partial charge is 0.508 e. The molecular formula is C24H18O4S. The number of sulfone groups is 1. The van der Waals surface area contributed by atoms with Crippen LogP contribution < -0.4 is 4.74 Å². The van der Waals surface area contributed by atoms with Gasteiger partial charge in [-0.3, -0.25) is 0 Å². The van der Waals surface area contributed by atoms with Crippen LogP contribution in [0.2, 0.25) is 0 Å². The van der Waals surface area contributed by atoms with Crippen molar-refractivity contribution in [3.63, 3.8) is 0 Å². The Hall–Kier alpha value is -3.57. The number of phenols is 1. The second-order valence-electron chi connectivity index (χ2n) is 6.46. The first kappa shape index (κ1) is 18.8. The van der Waals surface area contributed by atoms with Gasteiger partial charge in [0.15, 0.2) is 0 Å². The van der Waals surface area contributed by atoms with Gasteiger partial charge >= 0.3 is 0 Å². The van der Waals surface area contributed by atoms with Gasteiger partial charge in [-0.05, 0) is 71.8 Å². The zero-order valence-electron chi connectivity index (χ0n) is 15.4. The van der Waals surface area contributed by atoms with Crippen LogP contribution in [0.3, 0.4) is 0 Å². The van der Waals surface area contributed by atoms with Gasteiger partial charge in [0.1, 0.15) is 17.2 Å². The molecule has 0 aliphatic heterocycles. The molecule has 0 aromatic heterocycles. The molecule has 0 bridgehead atoms. The average molecular weight is 402 g/mol. The van der Waals surface area contributed by atoms with Gasteiger partial charge in [0.2, 0.25) is 9.84 Å². The van der Waals surface area contributed by atoms with E-state index < -0.39 is 9.84 Å². The Balaban J connectivity index is 1.50. The molecule has 4 rings (SSSR count). The lowest BCUT2D eigenvalue weighted by Gasteiger charge is -2.09. The maximum atomic E-state index is 12.7. The third kappa shape index (κ3) is 4.15. The van der Waals surface area contributed by atoms with E-state index in [-0.39, 0.29) is 15.5 Å². The second-order valence-corrected chi connectivity index (χ2v) is 8.41. The number of aromatic hydroxyl groups is 1. The minimum Gasteiger partial charge on any atom is -0.508 e. The maximum Gasteiger partial charge on any atom is 0.206 e. The number of ether oxygens (including phenoxy) is 1. The Kier molecular flexibility index (Phi) is 5.06. The van der Waals surface area contributed by atoms with Gasteiger partial charge in [0.25, 0.3) is 0 Å². The summed E-state index contributed by atoms with van der Waals surface area (Å²) >= 11 is 0. The van der Waals surface area contributed by atoms with E-state index in [0.29, 0.717) is 11.5 Å². The maximum absolute atomic E-state index is 12.7. The van der Waals surface area contributed by atoms with Crippen molar-refractivity contribution in [3.05, 3.63) is 103 Å². The SMILES string of the molecule is O=S(=O)(c1ccc(O)cc1)c1ccc(Oc2ccc(-c3ccccc3)cc2)cc1. The Bertz CT molecular complexity index is 1200. The molecule has 4 aromatic carbocycles. The highest BCUT2D eigenvalue weighted by Gasteiger charge is 2.17. The van der Waals surface area contributed by atoms with E-state index in [1.165, 1.54) is 36.4 Å². The van der Waals surface area contributed by atoms with Crippen molar-refractivity contribution < 1.29 is 18.3 Å². The summed E-state index contributed by atoms with van der Waals surface area (Å²) in [7, 11) is -3.65. The van der Waals surface area contributed by atoms with E-state index in [2.05, 4.69) is 0 Å². The number of hydrogen-bond donors (Lipinski definition) is 1. The van der Waals surface area contributed by atoms with E-state index in [0.717, 1.165) is 11.1 Å². The molecule has 0 atom stereocenters. The lowest BCUT2D eigenvalue weighted by atomic mass is 10.1. The molecule has 0 amide bonds. The third-order valence-electron chi connectivity index (χ3n) is 4.48. The van der Waals surface area contributed by atoms with Crippen LogP contribution in [0.4, 0.5) is 0 Å². The average Bonchev–Trinajstić information content (AvgIpc) is 2.76. The van der Waals surface area contributed by atoms with Crippen LogP contribution in [0.5, 0.6) is 17.2 Å². The quantitative estimate of drug-likeness (QED) is 0.466. The summed E-state index contributed by atoms with van der Waals surface area (Å²) in [6.45, 7) is 0. The van der Waals surface area contributed by atoms with E-state index in [9.17, 15) is 13.5 Å². The first-order valence-electron chi connectivity index (χ1n) is 9.00. The smallest absolute Gasteiger partial charge is 0.206 e. The molecule has 29 heavy (non-hydrogen) atoms. The van der Waals surface area contributed by atoms with Gasteiger partial charge in [-0.25, -0.2) is 8.42 Å². The minimum absolute atomic E-state index is 0.0194. The highest BCUT2D eigenvalue weighted by molar-refractivity contribution is 7.91. The topological polar surface area (TPSA) is 63.6 Å². The summed E-state index contributed by atoms with van der Waals surface area (Å²) in [6.07, 6.45) is 0. The standard InChI is InChI=1S/C24H18O4S/c25-20-8-14-23(15-9-20)29(26,27)24-16-12-22(13-17-24)28-21-10-6-19(7-11-21)18-4-2-1-3-5-18/h1-17,25H. The number of benzene rings is 4. The van der Waals surface area contributed by atoms with Crippen molar-refractivity contribution >= 4 is 9.84 Å². The van der Waals surface area contributed by atoms with E-state index >= 15 is 0 Å². The van der Waals surface area contributed by atoms with Crippen molar-refractivity contribution in [3.8, 4) is 28.4 Å². The van der Waals surface area contributed by atoms with Crippen molar-refractivity contribution in [1.82, 2.24) is 0 Å². The fourth-order valence-electron chi connectivity index (χ4n) is 2.93. The van der Waals surface area contributed by atoms with Crippen LogP contribution in [0.1, 0.15) is 0 Å². The molecule has 0 spiro atoms. The summed E-state index contributed by atoms with van der Waals surface area (Å²) in [5.41, 5.74) is 2.22. The summed E-state index contributed by atoms with van der Waals surface area (Å²) in [5.74, 6) is 1.23. The number of hydrogen-bond acceptors (Lipinski definition) is 4. The lowest BCUT2D eigenvalue weighted by Crippen LogP contribution is -2.01. The van der Waals surface area contributed by atoms with Crippen molar-refractivity contribution in [2.45, 2.75) is 9.79 Å². The van der Waals surface area contributed by atoms with Gasteiger partial charge in [0, 0.05) is 0 Å². The first-order chi connectivity index (χ1) is 14.0. The minimum atomic E-state index is -3.65. The molecule has 0 fully saturated rings. The Morgan fingerprint density at radius 1 is 0.552 bits per heavy atom. The Morgan fingerprint density at radius 2 is 1.00 bits per heavy atom. The predicted octanol–water partition coefficient (Wildman–Crippen LogP) is 5.68. The molecule has 0 saturated carbocycles. The highest BCUT2D eigenvalue weighted by atomic mass is 32.2. The van der Waals surface area contributed by atoms with Gasteiger partial charge < -0.3 is 9.84 Å². The van der Waals surface area contributed by atoms with Gasteiger partial charge in [-0.15, -0.1) is 0 Å². The van der Waals surface area contributed by atoms with Gasteiger partial charge in [-0.1, -0.05) is 42.5 Å². The molecular weight excluding hydrogens is 384 g/mol. The van der Waals surface area contributed by atoms with Gasteiger partial charge in [-0.2, -0.15) is 0 Å². The molecule has 0 radical (unpaired) electrons. The molecule has 0 unspecified atom stereocenters. The van der Waals surface area contributed by atoms with Gasteiger partial charge in [0.05, 0.1) is 9.79 Å². The fraction of sp³-hybridized carbons (Fsp3) is 0. The van der Waals surface area contributed by atoms with E-state index in [1.54, 1.807) is 12.1 Å². The van der Waals surface area contributed by atoms with Crippen LogP contribution in [0.15, 0.2) is 113 Å². The summed E-state index contributed by atoms with van der Waals surface area (Å²) in [6, 6.07) is 29.5. The third-order valence-corrected chi connectivity index (χ3v) is 6.26. The zero-order chi connectivity index (χ0) is 20.3. The first-order valence-corrected chi connectivity index (χ1v) is 10.5. The van der Waals surface area contributed by atoms with Crippen LogP contribution in [-0.2, 0) is 9.84 Å². The highest BCUT2D eigenvalue weighted by Crippen LogP contribution is 2.28. The zero-order valence-corrected chi connectivity index (χ0v) is 16.2. The normalized spacial score (nSPS) is 11.2. The molecule has 4 aromatic rings. The lowest BCUT2D eigenvalue weighted by molar-refractivity contribution is 0.475. The summed E-state index contributed by atoms with van der Waals surface area (Å²) in [5, 5.41) is 9.34. The molecule has 0 aliphatic carbocycles. The van der Waals surface area contributed by atoms with Crippen molar-refractivity contribution in [1.29, 1.82) is 0 Å². The predicted molar refractivity (Wildman–Crippen MR) is 112 cm³/mol. The molecule has 0 heterocycles. The molecule has 144 valence electrons. The fourth-order valence-corrected chi connectivity index (χ4v) is 4.19. The van der Waals surface area contributed by atoms with Crippen molar-refractivity contribution in [2.24, 2.45) is 0 Å². The molecule has 0 aliphatic rings. The molecule has 0 saturated heterocycles. The number of rotatable bonds is 5. The van der Waals surface area contributed by atoms with Crippen molar-refractivity contribution in [2.75, 3.05) is 0 Å². The van der Waals surface area contributed by atoms with E-state index in [1.807, 2.05) is 54.6 Å². The Morgan fingerprint density at radius 3 is 1.55 bits per heavy atom. The molecule has 5 heteroatoms. The van der Waals surface area contributed by atoms with Crippen LogP contribution in [-0.4, -0.2) is 13.5 Å². The monoisotopic (exact) mass is 402 g/mol. The Labute approximate surface area is 169 Å². The van der Waals surface area contributed by atoms with Crippen LogP contribution in [0, 0.1) is 0 Å². The summed E-state index contributed by atoms with van der Waals surface area (Å²) < 4.78 is 31.2. The van der Waals surface area contributed by atoms with E-state index in [4.69, 9.17) is 4.74 Å². The van der Waals surface area contributed by atoms with Crippen LogP contribution >= 0.6 is 0 Å².